The van der Waals surface area contributed by atoms with Crippen LogP contribution in [0.4, 0.5) is 0 Å². The lowest BCUT2D eigenvalue weighted by Gasteiger charge is -2.18. The number of nitrogens with zero attached hydrogens (tertiary/aromatic N) is 1. The quantitative estimate of drug-likeness (QED) is 0.838. The number of ether oxygens (including phenoxy) is 1. The fraction of sp³-hybridized carbons (Fsp3) is 0.312. The summed E-state index contributed by atoms with van der Waals surface area (Å²) in [5, 5.41) is 0.657. The van der Waals surface area contributed by atoms with Crippen LogP contribution in [0, 0.1) is 6.92 Å². The SMILES string of the molecule is COc1ccc(Cl)cc1-n1c(C)cc2c1CCCC2=O. The molecule has 0 radical (unpaired) electrons. The molecule has 0 spiro atoms. The predicted molar refractivity (Wildman–Crippen MR) is 79.3 cm³/mol. The van der Waals surface area contributed by atoms with E-state index in [1.54, 1.807) is 13.2 Å². The van der Waals surface area contributed by atoms with Crippen LogP contribution in [0.5, 0.6) is 5.75 Å². The molecule has 0 fully saturated rings. The Labute approximate surface area is 123 Å². The topological polar surface area (TPSA) is 31.2 Å². The highest BCUT2D eigenvalue weighted by Crippen LogP contribution is 2.33. The molecule has 0 atom stereocenters. The zero-order valence-electron chi connectivity index (χ0n) is 11.6. The van der Waals surface area contributed by atoms with Crippen LogP contribution in [0.2, 0.25) is 5.02 Å². The van der Waals surface area contributed by atoms with Gasteiger partial charge in [0.25, 0.3) is 0 Å². The van der Waals surface area contributed by atoms with Crippen molar-refractivity contribution < 1.29 is 9.53 Å². The maximum Gasteiger partial charge on any atom is 0.164 e. The molecule has 4 heteroatoms. The van der Waals surface area contributed by atoms with Crippen LogP contribution in [0.3, 0.4) is 0 Å². The van der Waals surface area contributed by atoms with Gasteiger partial charge < -0.3 is 9.30 Å². The number of methoxy groups -OCH3 is 1. The lowest BCUT2D eigenvalue weighted by Crippen LogP contribution is -2.13. The summed E-state index contributed by atoms with van der Waals surface area (Å²) < 4.78 is 7.53. The van der Waals surface area contributed by atoms with E-state index < -0.39 is 0 Å². The van der Waals surface area contributed by atoms with Crippen molar-refractivity contribution in [2.24, 2.45) is 0 Å². The molecule has 0 amide bonds. The normalized spacial score (nSPS) is 14.2. The molecule has 2 aromatic rings. The van der Waals surface area contributed by atoms with E-state index in [0.29, 0.717) is 11.4 Å². The number of halogens is 1. The predicted octanol–water partition coefficient (Wildman–Crippen LogP) is 3.97. The number of hydrogen-bond donors (Lipinski definition) is 0. The molecule has 0 saturated carbocycles. The average molecular weight is 290 g/mol. The van der Waals surface area contributed by atoms with Crippen LogP contribution in [-0.2, 0) is 6.42 Å². The van der Waals surface area contributed by atoms with Crippen LogP contribution >= 0.6 is 11.6 Å². The molecule has 0 N–H and O–H groups in total. The van der Waals surface area contributed by atoms with Crippen LogP contribution < -0.4 is 4.74 Å². The summed E-state index contributed by atoms with van der Waals surface area (Å²) >= 11 is 6.12. The Morgan fingerprint density at radius 2 is 2.05 bits per heavy atom. The molecule has 0 aliphatic heterocycles. The fourth-order valence-electron chi connectivity index (χ4n) is 2.90. The third kappa shape index (κ3) is 2.02. The van der Waals surface area contributed by atoms with Gasteiger partial charge in [-0.3, -0.25) is 4.79 Å². The Balaban J connectivity index is 2.25. The third-order valence-electron chi connectivity index (χ3n) is 3.79. The van der Waals surface area contributed by atoms with Gasteiger partial charge in [-0.15, -0.1) is 0 Å². The van der Waals surface area contributed by atoms with Crippen LogP contribution in [-0.4, -0.2) is 17.5 Å². The van der Waals surface area contributed by atoms with E-state index in [2.05, 4.69) is 4.57 Å². The minimum atomic E-state index is 0.231. The van der Waals surface area contributed by atoms with Gasteiger partial charge in [-0.1, -0.05) is 11.6 Å². The smallest absolute Gasteiger partial charge is 0.164 e. The zero-order valence-corrected chi connectivity index (χ0v) is 12.3. The second-order valence-corrected chi connectivity index (χ2v) is 5.51. The zero-order chi connectivity index (χ0) is 14.3. The summed E-state index contributed by atoms with van der Waals surface area (Å²) in [6.07, 6.45) is 2.45. The molecule has 0 bridgehead atoms. The molecule has 3 rings (SSSR count). The van der Waals surface area contributed by atoms with Crippen LogP contribution in [0.25, 0.3) is 5.69 Å². The Bertz CT molecular complexity index is 688. The highest BCUT2D eigenvalue weighted by atomic mass is 35.5. The monoisotopic (exact) mass is 289 g/mol. The lowest BCUT2D eigenvalue weighted by molar-refractivity contribution is 0.0972. The van der Waals surface area contributed by atoms with Gasteiger partial charge in [0, 0.05) is 28.4 Å². The van der Waals surface area contributed by atoms with E-state index in [9.17, 15) is 4.79 Å². The summed E-state index contributed by atoms with van der Waals surface area (Å²) in [6.45, 7) is 2.01. The van der Waals surface area contributed by atoms with E-state index in [1.165, 1.54) is 0 Å². The molecule has 104 valence electrons. The number of aryl methyl sites for hydroxylation is 1. The molecule has 1 aliphatic carbocycles. The number of carbonyl (C=O) groups is 1. The highest BCUT2D eigenvalue weighted by Gasteiger charge is 2.24. The Morgan fingerprint density at radius 3 is 2.80 bits per heavy atom. The highest BCUT2D eigenvalue weighted by molar-refractivity contribution is 6.30. The van der Waals surface area contributed by atoms with Crippen molar-refractivity contribution in [3.8, 4) is 11.4 Å². The number of fused-ring (bicyclic) bond motifs is 1. The Hall–Kier alpha value is -1.74. The Kier molecular flexibility index (Phi) is 3.30. The van der Waals surface area contributed by atoms with Gasteiger partial charge in [-0.2, -0.15) is 0 Å². The van der Waals surface area contributed by atoms with Crippen molar-refractivity contribution in [2.45, 2.75) is 26.2 Å². The van der Waals surface area contributed by atoms with Gasteiger partial charge in [-0.25, -0.2) is 0 Å². The standard InChI is InChI=1S/C16H16ClNO2/c1-10-8-12-13(4-3-5-15(12)19)18(10)14-9-11(17)6-7-16(14)20-2/h6-9H,3-5H2,1-2H3. The number of Topliss-reactive ketones (excluding diaryl/α,β-unsaturated/α-hetero) is 1. The summed E-state index contributed by atoms with van der Waals surface area (Å²) in [5.41, 5.74) is 3.84. The van der Waals surface area contributed by atoms with Crippen molar-refractivity contribution in [1.82, 2.24) is 4.57 Å². The first-order chi connectivity index (χ1) is 9.61. The fourth-order valence-corrected chi connectivity index (χ4v) is 3.07. The van der Waals surface area contributed by atoms with E-state index >= 15 is 0 Å². The average Bonchev–Trinajstić information content (AvgIpc) is 2.76. The van der Waals surface area contributed by atoms with Gasteiger partial charge in [0.2, 0.25) is 0 Å². The van der Waals surface area contributed by atoms with Crippen molar-refractivity contribution in [1.29, 1.82) is 0 Å². The van der Waals surface area contributed by atoms with Crippen LogP contribution in [0.15, 0.2) is 24.3 Å². The molecule has 1 aromatic carbocycles. The second-order valence-electron chi connectivity index (χ2n) is 5.07. The van der Waals surface area contributed by atoms with E-state index in [4.69, 9.17) is 16.3 Å². The van der Waals surface area contributed by atoms with Gasteiger partial charge >= 0.3 is 0 Å². The van der Waals surface area contributed by atoms with E-state index in [-0.39, 0.29) is 5.78 Å². The molecular weight excluding hydrogens is 274 g/mol. The molecule has 1 aromatic heterocycles. The number of carbonyl (C=O) groups excluding carboxylic acids is 1. The molecule has 20 heavy (non-hydrogen) atoms. The van der Waals surface area contributed by atoms with Crippen molar-refractivity contribution in [3.63, 3.8) is 0 Å². The lowest BCUT2D eigenvalue weighted by atomic mass is 9.96. The number of hydrogen-bond acceptors (Lipinski definition) is 2. The first-order valence-electron chi connectivity index (χ1n) is 6.70. The number of rotatable bonds is 2. The Morgan fingerprint density at radius 1 is 1.25 bits per heavy atom. The second kappa shape index (κ2) is 4.98. The molecule has 1 aliphatic rings. The summed E-state index contributed by atoms with van der Waals surface area (Å²) in [4.78, 5) is 12.0. The maximum absolute atomic E-state index is 12.0. The van der Waals surface area contributed by atoms with Gasteiger partial charge in [-0.05, 0) is 44.0 Å². The summed E-state index contributed by atoms with van der Waals surface area (Å²) in [5.74, 6) is 0.989. The minimum absolute atomic E-state index is 0.231. The molecule has 3 nitrogen and oxygen atoms in total. The molecule has 0 saturated heterocycles. The number of ketones is 1. The van der Waals surface area contributed by atoms with E-state index in [1.807, 2.05) is 25.1 Å². The largest absolute Gasteiger partial charge is 0.495 e. The third-order valence-corrected chi connectivity index (χ3v) is 4.02. The van der Waals surface area contributed by atoms with Crippen molar-refractivity contribution >= 4 is 17.4 Å². The first kappa shape index (κ1) is 13.3. The summed E-state index contributed by atoms with van der Waals surface area (Å²) in [7, 11) is 1.64. The maximum atomic E-state index is 12.0. The van der Waals surface area contributed by atoms with Gasteiger partial charge in [0.15, 0.2) is 5.78 Å². The van der Waals surface area contributed by atoms with Crippen molar-refractivity contribution in [3.05, 3.63) is 46.2 Å². The van der Waals surface area contributed by atoms with E-state index in [0.717, 1.165) is 41.2 Å². The molecule has 0 unspecified atom stereocenters. The minimum Gasteiger partial charge on any atom is -0.495 e. The van der Waals surface area contributed by atoms with Gasteiger partial charge in [0.1, 0.15) is 5.75 Å². The molecule has 1 heterocycles. The van der Waals surface area contributed by atoms with Crippen LogP contribution in [0.1, 0.15) is 34.6 Å². The van der Waals surface area contributed by atoms with Crippen molar-refractivity contribution in [2.75, 3.05) is 7.11 Å². The first-order valence-corrected chi connectivity index (χ1v) is 7.08. The number of aromatic nitrogens is 1. The van der Waals surface area contributed by atoms with Gasteiger partial charge in [0.05, 0.1) is 12.8 Å². The summed E-state index contributed by atoms with van der Waals surface area (Å²) in [6, 6.07) is 7.51. The molecular formula is C16H16ClNO2. The number of benzene rings is 1.